The molecule has 0 saturated carbocycles. The lowest BCUT2D eigenvalue weighted by atomic mass is 10.2. The molecule has 0 heterocycles. The van der Waals surface area contributed by atoms with Crippen LogP contribution in [0.15, 0.2) is 0 Å². The quantitative estimate of drug-likeness (QED) is 0.512. The van der Waals surface area contributed by atoms with E-state index in [2.05, 4.69) is 5.32 Å². The lowest BCUT2D eigenvalue weighted by molar-refractivity contribution is -0.123. The van der Waals surface area contributed by atoms with E-state index in [1.807, 2.05) is 6.92 Å². The average Bonchev–Trinajstić information content (AvgIpc) is 2.22. The Bertz CT molecular complexity index is 159. The Morgan fingerprint density at radius 1 is 1.43 bits per heavy atom. The van der Waals surface area contributed by atoms with Gasteiger partial charge in [-0.3, -0.25) is 4.79 Å². The minimum absolute atomic E-state index is 0.0439. The van der Waals surface area contributed by atoms with Gasteiger partial charge in [-0.1, -0.05) is 0 Å². The second kappa shape index (κ2) is 7.73. The number of ether oxygens (including phenoxy) is 1. The highest BCUT2D eigenvalue weighted by atomic mass is 16.5. The average molecular weight is 205 g/mol. The predicted molar refractivity (Wildman–Crippen MR) is 51.8 cm³/mol. The SMILES string of the molecule is COC(C)CCC(=O)NC(CO)CO. The van der Waals surface area contributed by atoms with Crippen LogP contribution in [0.2, 0.25) is 0 Å². The molecule has 0 aromatic rings. The van der Waals surface area contributed by atoms with Gasteiger partial charge in [0.05, 0.1) is 25.4 Å². The molecule has 5 nitrogen and oxygen atoms in total. The highest BCUT2D eigenvalue weighted by Crippen LogP contribution is 1.99. The fraction of sp³-hybridized carbons (Fsp3) is 0.889. The summed E-state index contributed by atoms with van der Waals surface area (Å²) in [7, 11) is 1.59. The Morgan fingerprint density at radius 2 is 2.00 bits per heavy atom. The van der Waals surface area contributed by atoms with Crippen molar-refractivity contribution in [2.24, 2.45) is 0 Å². The van der Waals surface area contributed by atoms with E-state index in [1.165, 1.54) is 0 Å². The summed E-state index contributed by atoms with van der Waals surface area (Å²) < 4.78 is 4.98. The van der Waals surface area contributed by atoms with Crippen LogP contribution in [-0.2, 0) is 9.53 Å². The number of carbonyl (C=O) groups excluding carboxylic acids is 1. The molecule has 14 heavy (non-hydrogen) atoms. The molecule has 5 heteroatoms. The van der Waals surface area contributed by atoms with Crippen molar-refractivity contribution in [2.75, 3.05) is 20.3 Å². The van der Waals surface area contributed by atoms with Gasteiger partial charge in [-0.2, -0.15) is 0 Å². The van der Waals surface area contributed by atoms with Crippen molar-refractivity contribution in [2.45, 2.75) is 31.9 Å². The Morgan fingerprint density at radius 3 is 2.43 bits per heavy atom. The number of aliphatic hydroxyl groups is 2. The normalized spacial score (nSPS) is 12.9. The van der Waals surface area contributed by atoms with Crippen molar-refractivity contribution in [3.8, 4) is 0 Å². The highest BCUT2D eigenvalue weighted by Gasteiger charge is 2.10. The third kappa shape index (κ3) is 5.90. The van der Waals surface area contributed by atoms with Gasteiger partial charge in [0.1, 0.15) is 0 Å². The molecule has 0 aromatic carbocycles. The molecule has 0 saturated heterocycles. The number of carbonyl (C=O) groups is 1. The third-order valence-corrected chi connectivity index (χ3v) is 1.99. The van der Waals surface area contributed by atoms with Crippen molar-refractivity contribution in [1.82, 2.24) is 5.32 Å². The maximum atomic E-state index is 11.2. The van der Waals surface area contributed by atoms with Gasteiger partial charge in [0.25, 0.3) is 0 Å². The summed E-state index contributed by atoms with van der Waals surface area (Å²) in [5, 5.41) is 19.9. The Balaban J connectivity index is 3.64. The summed E-state index contributed by atoms with van der Waals surface area (Å²) >= 11 is 0. The summed E-state index contributed by atoms with van der Waals surface area (Å²) in [6.45, 7) is 1.38. The first-order valence-electron chi connectivity index (χ1n) is 4.67. The van der Waals surface area contributed by atoms with Crippen LogP contribution in [0.1, 0.15) is 19.8 Å². The van der Waals surface area contributed by atoms with Crippen molar-refractivity contribution in [3.05, 3.63) is 0 Å². The van der Waals surface area contributed by atoms with E-state index in [0.717, 1.165) is 0 Å². The van der Waals surface area contributed by atoms with E-state index in [0.29, 0.717) is 12.8 Å². The van der Waals surface area contributed by atoms with Crippen LogP contribution in [0.3, 0.4) is 0 Å². The summed E-state index contributed by atoms with van der Waals surface area (Å²) in [6.07, 6.45) is 1.01. The molecule has 0 spiro atoms. The summed E-state index contributed by atoms with van der Waals surface area (Å²) in [4.78, 5) is 11.2. The molecule has 3 N–H and O–H groups in total. The standard InChI is InChI=1S/C9H19NO4/c1-7(14-2)3-4-9(13)10-8(5-11)6-12/h7-8,11-12H,3-6H2,1-2H3,(H,10,13). The first-order valence-corrected chi connectivity index (χ1v) is 4.67. The molecule has 84 valence electrons. The zero-order chi connectivity index (χ0) is 11.0. The van der Waals surface area contributed by atoms with Gasteiger partial charge in [-0.25, -0.2) is 0 Å². The van der Waals surface area contributed by atoms with Gasteiger partial charge in [0.2, 0.25) is 5.91 Å². The second-order valence-corrected chi connectivity index (χ2v) is 3.21. The van der Waals surface area contributed by atoms with Crippen LogP contribution >= 0.6 is 0 Å². The molecule has 0 bridgehead atoms. The second-order valence-electron chi connectivity index (χ2n) is 3.21. The largest absolute Gasteiger partial charge is 0.394 e. The molecule has 0 aromatic heterocycles. The zero-order valence-electron chi connectivity index (χ0n) is 8.69. The number of aliphatic hydroxyl groups excluding tert-OH is 2. The number of hydrogen-bond donors (Lipinski definition) is 3. The molecule has 0 aliphatic carbocycles. The summed E-state index contributed by atoms with van der Waals surface area (Å²) in [6, 6.07) is -0.555. The maximum Gasteiger partial charge on any atom is 0.220 e. The first kappa shape index (κ1) is 13.4. The minimum Gasteiger partial charge on any atom is -0.394 e. The van der Waals surface area contributed by atoms with E-state index in [1.54, 1.807) is 7.11 Å². The topological polar surface area (TPSA) is 78.8 Å². The van der Waals surface area contributed by atoms with Gasteiger partial charge in [0.15, 0.2) is 0 Å². The first-order chi connectivity index (χ1) is 6.63. The van der Waals surface area contributed by atoms with E-state index in [-0.39, 0.29) is 25.2 Å². The third-order valence-electron chi connectivity index (χ3n) is 1.99. The van der Waals surface area contributed by atoms with Crippen LogP contribution in [-0.4, -0.2) is 48.6 Å². The number of hydrogen-bond acceptors (Lipinski definition) is 4. The summed E-state index contributed by atoms with van der Waals surface area (Å²) in [5.41, 5.74) is 0. The molecule has 0 radical (unpaired) electrons. The molecule has 0 aliphatic rings. The fourth-order valence-corrected chi connectivity index (χ4v) is 0.901. The maximum absolute atomic E-state index is 11.2. The molecule has 1 unspecified atom stereocenters. The van der Waals surface area contributed by atoms with Gasteiger partial charge < -0.3 is 20.3 Å². The van der Waals surface area contributed by atoms with Crippen LogP contribution in [0.25, 0.3) is 0 Å². The number of amides is 1. The van der Waals surface area contributed by atoms with Crippen molar-refractivity contribution < 1.29 is 19.7 Å². The molecule has 1 atom stereocenters. The number of nitrogens with one attached hydrogen (secondary N) is 1. The van der Waals surface area contributed by atoms with Crippen LogP contribution < -0.4 is 5.32 Å². The van der Waals surface area contributed by atoms with Gasteiger partial charge in [-0.15, -0.1) is 0 Å². The van der Waals surface area contributed by atoms with E-state index < -0.39 is 6.04 Å². The minimum atomic E-state index is -0.555. The van der Waals surface area contributed by atoms with E-state index in [4.69, 9.17) is 14.9 Å². The Hall–Kier alpha value is -0.650. The van der Waals surface area contributed by atoms with E-state index >= 15 is 0 Å². The Kier molecular flexibility index (Phi) is 7.37. The monoisotopic (exact) mass is 205 g/mol. The zero-order valence-corrected chi connectivity index (χ0v) is 8.69. The molecule has 0 aliphatic heterocycles. The number of methoxy groups -OCH3 is 1. The van der Waals surface area contributed by atoms with Crippen LogP contribution in [0.5, 0.6) is 0 Å². The summed E-state index contributed by atoms with van der Waals surface area (Å²) in [5.74, 6) is -0.179. The van der Waals surface area contributed by atoms with Gasteiger partial charge >= 0.3 is 0 Å². The van der Waals surface area contributed by atoms with Crippen molar-refractivity contribution in [3.63, 3.8) is 0 Å². The smallest absolute Gasteiger partial charge is 0.220 e. The lowest BCUT2D eigenvalue weighted by Crippen LogP contribution is -2.40. The number of rotatable bonds is 7. The molecule has 0 rings (SSSR count). The van der Waals surface area contributed by atoms with Crippen LogP contribution in [0.4, 0.5) is 0 Å². The van der Waals surface area contributed by atoms with E-state index in [9.17, 15) is 4.79 Å². The fourth-order valence-electron chi connectivity index (χ4n) is 0.901. The van der Waals surface area contributed by atoms with Crippen molar-refractivity contribution >= 4 is 5.91 Å². The lowest BCUT2D eigenvalue weighted by Gasteiger charge is -2.14. The predicted octanol–water partition coefficient (Wildman–Crippen LogP) is -0.729. The van der Waals surface area contributed by atoms with Gasteiger partial charge in [0, 0.05) is 13.5 Å². The highest BCUT2D eigenvalue weighted by molar-refractivity contribution is 5.76. The molecular formula is C9H19NO4. The van der Waals surface area contributed by atoms with Crippen molar-refractivity contribution in [1.29, 1.82) is 0 Å². The molecular weight excluding hydrogens is 186 g/mol. The molecule has 0 fully saturated rings. The van der Waals surface area contributed by atoms with Gasteiger partial charge in [-0.05, 0) is 13.3 Å². The Labute approximate surface area is 84.1 Å². The molecule has 1 amide bonds. The van der Waals surface area contributed by atoms with Crippen LogP contribution in [0, 0.1) is 0 Å².